The number of hydrogen-bond acceptors (Lipinski definition) is 4. The first-order chi connectivity index (χ1) is 8.06. The standard InChI is InChI=1S/C13H15NO3/c1-9(2)10-4-3-5-11(6-10)14-7-12(15)17-13(16)8-14/h3-6,9H,7-8H2,1-2H3. The molecule has 1 aromatic rings. The van der Waals surface area contributed by atoms with Crippen molar-refractivity contribution in [3.8, 4) is 0 Å². The van der Waals surface area contributed by atoms with E-state index in [4.69, 9.17) is 0 Å². The lowest BCUT2D eigenvalue weighted by molar-refractivity contribution is -0.160. The van der Waals surface area contributed by atoms with Gasteiger partial charge in [-0.2, -0.15) is 0 Å². The average molecular weight is 233 g/mol. The van der Waals surface area contributed by atoms with E-state index < -0.39 is 11.9 Å². The molecule has 1 aromatic carbocycles. The van der Waals surface area contributed by atoms with E-state index in [0.717, 1.165) is 5.69 Å². The van der Waals surface area contributed by atoms with Crippen molar-refractivity contribution in [3.63, 3.8) is 0 Å². The van der Waals surface area contributed by atoms with Gasteiger partial charge in [0.1, 0.15) is 13.1 Å². The molecule has 2 rings (SSSR count). The van der Waals surface area contributed by atoms with Gasteiger partial charge in [0.05, 0.1) is 0 Å². The summed E-state index contributed by atoms with van der Waals surface area (Å²) in [5, 5.41) is 0. The molecule has 1 aliphatic heterocycles. The second-order valence-electron chi connectivity index (χ2n) is 4.45. The highest BCUT2D eigenvalue weighted by Gasteiger charge is 2.25. The molecule has 0 aliphatic carbocycles. The van der Waals surface area contributed by atoms with Crippen molar-refractivity contribution < 1.29 is 14.3 Å². The fraction of sp³-hybridized carbons (Fsp3) is 0.385. The Labute approximate surface area is 100 Å². The van der Waals surface area contributed by atoms with Crippen LogP contribution in [0.4, 0.5) is 5.69 Å². The summed E-state index contributed by atoms with van der Waals surface area (Å²) in [6, 6.07) is 7.89. The SMILES string of the molecule is CC(C)c1cccc(N2CC(=O)OC(=O)C2)c1. The number of carbonyl (C=O) groups excluding carboxylic acids is 2. The van der Waals surface area contributed by atoms with Gasteiger partial charge < -0.3 is 9.64 Å². The van der Waals surface area contributed by atoms with Crippen LogP contribution in [0.2, 0.25) is 0 Å². The topological polar surface area (TPSA) is 46.6 Å². The van der Waals surface area contributed by atoms with Gasteiger partial charge in [-0.3, -0.25) is 0 Å². The normalized spacial score (nSPS) is 16.3. The summed E-state index contributed by atoms with van der Waals surface area (Å²) in [6.07, 6.45) is 0. The van der Waals surface area contributed by atoms with Crippen LogP contribution in [-0.4, -0.2) is 25.0 Å². The molecule has 0 saturated carbocycles. The Hall–Kier alpha value is -1.84. The largest absolute Gasteiger partial charge is 0.390 e. The number of nitrogens with zero attached hydrogens (tertiary/aromatic N) is 1. The first-order valence-electron chi connectivity index (χ1n) is 5.64. The Morgan fingerprint density at radius 2 is 1.82 bits per heavy atom. The highest BCUT2D eigenvalue weighted by atomic mass is 16.6. The van der Waals surface area contributed by atoms with Gasteiger partial charge >= 0.3 is 11.9 Å². The summed E-state index contributed by atoms with van der Waals surface area (Å²) >= 11 is 0. The third-order valence-electron chi connectivity index (χ3n) is 2.77. The molecule has 1 saturated heterocycles. The van der Waals surface area contributed by atoms with Crippen molar-refractivity contribution in [1.82, 2.24) is 0 Å². The van der Waals surface area contributed by atoms with Gasteiger partial charge in [-0.05, 0) is 23.6 Å². The minimum Gasteiger partial charge on any atom is -0.390 e. The van der Waals surface area contributed by atoms with Gasteiger partial charge in [0.25, 0.3) is 0 Å². The third kappa shape index (κ3) is 2.64. The zero-order chi connectivity index (χ0) is 12.4. The Morgan fingerprint density at radius 1 is 1.18 bits per heavy atom. The molecule has 1 heterocycles. The number of morpholine rings is 1. The van der Waals surface area contributed by atoms with Crippen molar-refractivity contribution in [2.45, 2.75) is 19.8 Å². The van der Waals surface area contributed by atoms with Gasteiger partial charge in [-0.25, -0.2) is 9.59 Å². The van der Waals surface area contributed by atoms with Crippen molar-refractivity contribution in [2.24, 2.45) is 0 Å². The van der Waals surface area contributed by atoms with Crippen LogP contribution in [0.5, 0.6) is 0 Å². The number of benzene rings is 1. The zero-order valence-corrected chi connectivity index (χ0v) is 9.97. The van der Waals surface area contributed by atoms with Gasteiger partial charge in [-0.1, -0.05) is 26.0 Å². The average Bonchev–Trinajstić information content (AvgIpc) is 2.28. The molecule has 4 nitrogen and oxygen atoms in total. The van der Waals surface area contributed by atoms with Crippen LogP contribution in [0.15, 0.2) is 24.3 Å². The van der Waals surface area contributed by atoms with Gasteiger partial charge in [0, 0.05) is 5.69 Å². The molecule has 0 aromatic heterocycles. The fourth-order valence-electron chi connectivity index (χ4n) is 1.82. The van der Waals surface area contributed by atoms with Crippen LogP contribution in [0, 0.1) is 0 Å². The Kier molecular flexibility index (Phi) is 3.13. The molecule has 0 amide bonds. The molecule has 0 radical (unpaired) electrons. The Bertz CT molecular complexity index is 438. The molecular formula is C13H15NO3. The number of hydrogen-bond donors (Lipinski definition) is 0. The summed E-state index contributed by atoms with van der Waals surface area (Å²) in [4.78, 5) is 24.1. The molecule has 0 spiro atoms. The molecule has 1 fully saturated rings. The molecule has 17 heavy (non-hydrogen) atoms. The highest BCUT2D eigenvalue weighted by Crippen LogP contribution is 2.22. The summed E-state index contributed by atoms with van der Waals surface area (Å²) in [7, 11) is 0. The second-order valence-corrected chi connectivity index (χ2v) is 4.45. The Balaban J connectivity index is 2.24. The van der Waals surface area contributed by atoms with Crippen LogP contribution in [0.25, 0.3) is 0 Å². The molecule has 1 aliphatic rings. The van der Waals surface area contributed by atoms with E-state index >= 15 is 0 Å². The van der Waals surface area contributed by atoms with Crippen LogP contribution < -0.4 is 4.90 Å². The maximum Gasteiger partial charge on any atom is 0.333 e. The van der Waals surface area contributed by atoms with Gasteiger partial charge in [0.2, 0.25) is 0 Å². The molecule has 0 bridgehead atoms. The smallest absolute Gasteiger partial charge is 0.333 e. The number of ether oxygens (including phenoxy) is 1. The number of carbonyl (C=O) groups is 2. The Morgan fingerprint density at radius 3 is 2.41 bits per heavy atom. The minimum atomic E-state index is -0.490. The fourth-order valence-corrected chi connectivity index (χ4v) is 1.82. The minimum absolute atomic E-state index is 0.132. The first kappa shape index (κ1) is 11.6. The van der Waals surface area contributed by atoms with E-state index in [2.05, 4.69) is 18.6 Å². The monoisotopic (exact) mass is 233 g/mol. The van der Waals surface area contributed by atoms with Crippen molar-refractivity contribution in [1.29, 1.82) is 0 Å². The lowest BCUT2D eigenvalue weighted by atomic mass is 10.0. The quantitative estimate of drug-likeness (QED) is 0.576. The van der Waals surface area contributed by atoms with E-state index in [1.165, 1.54) is 5.56 Å². The van der Waals surface area contributed by atoms with Crippen molar-refractivity contribution in [3.05, 3.63) is 29.8 Å². The second kappa shape index (κ2) is 4.57. The molecule has 0 unspecified atom stereocenters. The van der Waals surface area contributed by atoms with Crippen LogP contribution in [0.1, 0.15) is 25.3 Å². The number of rotatable bonds is 2. The maximum absolute atomic E-state index is 11.2. The molecular weight excluding hydrogens is 218 g/mol. The van der Waals surface area contributed by atoms with Crippen molar-refractivity contribution >= 4 is 17.6 Å². The van der Waals surface area contributed by atoms with Crippen LogP contribution >= 0.6 is 0 Å². The number of cyclic esters (lactones) is 2. The molecule has 0 atom stereocenters. The predicted molar refractivity (Wildman–Crippen MR) is 63.8 cm³/mol. The van der Waals surface area contributed by atoms with E-state index in [1.807, 2.05) is 24.3 Å². The van der Waals surface area contributed by atoms with Gasteiger partial charge in [0.15, 0.2) is 0 Å². The van der Waals surface area contributed by atoms with E-state index in [-0.39, 0.29) is 13.1 Å². The van der Waals surface area contributed by atoms with E-state index in [1.54, 1.807) is 4.90 Å². The summed E-state index contributed by atoms with van der Waals surface area (Å²) < 4.78 is 4.50. The van der Waals surface area contributed by atoms with Crippen molar-refractivity contribution in [2.75, 3.05) is 18.0 Å². The number of anilines is 1. The van der Waals surface area contributed by atoms with Gasteiger partial charge in [-0.15, -0.1) is 0 Å². The summed E-state index contributed by atoms with van der Waals surface area (Å²) in [6.45, 7) is 4.48. The lowest BCUT2D eigenvalue weighted by Gasteiger charge is -2.26. The first-order valence-corrected chi connectivity index (χ1v) is 5.64. The lowest BCUT2D eigenvalue weighted by Crippen LogP contribution is -2.43. The molecule has 90 valence electrons. The zero-order valence-electron chi connectivity index (χ0n) is 9.97. The van der Waals surface area contributed by atoms with Crippen LogP contribution in [0.3, 0.4) is 0 Å². The highest BCUT2D eigenvalue weighted by molar-refractivity contribution is 5.94. The molecule has 0 N–H and O–H groups in total. The van der Waals surface area contributed by atoms with E-state index in [0.29, 0.717) is 5.92 Å². The third-order valence-corrected chi connectivity index (χ3v) is 2.77. The van der Waals surface area contributed by atoms with Crippen LogP contribution in [-0.2, 0) is 14.3 Å². The number of esters is 2. The van der Waals surface area contributed by atoms with E-state index in [9.17, 15) is 9.59 Å². The maximum atomic E-state index is 11.2. The molecule has 4 heteroatoms. The summed E-state index contributed by atoms with van der Waals surface area (Å²) in [5.74, 6) is -0.560. The summed E-state index contributed by atoms with van der Waals surface area (Å²) in [5.41, 5.74) is 2.08. The predicted octanol–water partition coefficient (Wildman–Crippen LogP) is 1.70.